The van der Waals surface area contributed by atoms with Crippen molar-refractivity contribution in [1.82, 2.24) is 25.1 Å². The molecular formula is C15H27N5O. The van der Waals surface area contributed by atoms with Crippen LogP contribution in [0, 0.1) is 0 Å². The topological polar surface area (TPSA) is 62.2 Å². The van der Waals surface area contributed by atoms with Gasteiger partial charge in [-0.25, -0.2) is 4.98 Å². The van der Waals surface area contributed by atoms with Crippen molar-refractivity contribution >= 4 is 5.91 Å². The smallest absolute Gasteiger partial charge is 0.233 e. The number of piperidine rings is 1. The Labute approximate surface area is 126 Å². The van der Waals surface area contributed by atoms with Crippen molar-refractivity contribution < 1.29 is 4.79 Å². The van der Waals surface area contributed by atoms with Gasteiger partial charge in [0, 0.05) is 45.0 Å². The van der Waals surface area contributed by atoms with Gasteiger partial charge in [-0.3, -0.25) is 9.69 Å². The number of aromatic nitrogens is 2. The van der Waals surface area contributed by atoms with Crippen molar-refractivity contribution in [3.63, 3.8) is 0 Å². The summed E-state index contributed by atoms with van der Waals surface area (Å²) in [6.07, 6.45) is 6.01. The molecule has 1 amide bonds. The number of amides is 1. The number of nitrogens with zero attached hydrogens (tertiary/aromatic N) is 3. The minimum Gasteiger partial charge on any atom is -0.358 e. The Morgan fingerprint density at radius 3 is 2.76 bits per heavy atom. The molecule has 2 rings (SSSR count). The first kappa shape index (κ1) is 16.0. The Balaban J connectivity index is 1.74. The Morgan fingerprint density at radius 1 is 1.43 bits per heavy atom. The van der Waals surface area contributed by atoms with Crippen molar-refractivity contribution in [3.8, 4) is 0 Å². The molecular weight excluding hydrogens is 266 g/mol. The average molecular weight is 293 g/mol. The third kappa shape index (κ3) is 4.54. The lowest BCUT2D eigenvalue weighted by Gasteiger charge is -2.32. The summed E-state index contributed by atoms with van der Waals surface area (Å²) in [5, 5.41) is 6.30. The summed E-state index contributed by atoms with van der Waals surface area (Å²) in [6.45, 7) is 7.68. The van der Waals surface area contributed by atoms with Crippen LogP contribution in [-0.4, -0.2) is 53.1 Å². The molecule has 1 aromatic heterocycles. The second-order valence-electron chi connectivity index (χ2n) is 5.99. The van der Waals surface area contributed by atoms with Gasteiger partial charge in [0.2, 0.25) is 5.91 Å². The molecule has 1 fully saturated rings. The van der Waals surface area contributed by atoms with Crippen LogP contribution >= 0.6 is 0 Å². The number of likely N-dealkylation sites (N-methyl/N-ethyl adjacent to an activating group) is 1. The van der Waals surface area contributed by atoms with Gasteiger partial charge >= 0.3 is 0 Å². The number of rotatable bonds is 6. The second kappa shape index (κ2) is 7.56. The van der Waals surface area contributed by atoms with Gasteiger partial charge in [-0.15, -0.1) is 0 Å². The van der Waals surface area contributed by atoms with Gasteiger partial charge < -0.3 is 15.2 Å². The predicted octanol–water partition coefficient (Wildman–Crippen LogP) is 0.764. The molecule has 1 aromatic rings. The molecule has 21 heavy (non-hydrogen) atoms. The first-order valence-corrected chi connectivity index (χ1v) is 7.77. The number of likely N-dealkylation sites (tertiary alicyclic amines) is 1. The van der Waals surface area contributed by atoms with E-state index in [1.807, 2.05) is 12.5 Å². The summed E-state index contributed by atoms with van der Waals surface area (Å²) >= 11 is 0. The zero-order valence-electron chi connectivity index (χ0n) is 13.3. The summed E-state index contributed by atoms with van der Waals surface area (Å²) in [5.41, 5.74) is 1.23. The molecule has 0 unspecified atom stereocenters. The maximum Gasteiger partial charge on any atom is 0.233 e. The quantitative estimate of drug-likeness (QED) is 0.813. The van der Waals surface area contributed by atoms with E-state index in [4.69, 9.17) is 0 Å². The molecule has 2 N–H and O–H groups in total. The second-order valence-corrected chi connectivity index (χ2v) is 5.99. The summed E-state index contributed by atoms with van der Waals surface area (Å²) in [6, 6.07) is 0.972. The van der Waals surface area contributed by atoms with Gasteiger partial charge in [0.15, 0.2) is 0 Å². The lowest BCUT2D eigenvalue weighted by molar-refractivity contribution is -0.122. The number of hydrogen-bond donors (Lipinski definition) is 2. The van der Waals surface area contributed by atoms with Crippen molar-refractivity contribution in [2.75, 3.05) is 26.7 Å². The molecule has 1 aliphatic rings. The van der Waals surface area contributed by atoms with Crippen LogP contribution in [0.5, 0.6) is 0 Å². The zero-order chi connectivity index (χ0) is 15.2. The van der Waals surface area contributed by atoms with Crippen LogP contribution < -0.4 is 10.6 Å². The van der Waals surface area contributed by atoms with E-state index in [9.17, 15) is 4.79 Å². The normalized spacial score (nSPS) is 17.3. The highest BCUT2D eigenvalue weighted by molar-refractivity contribution is 5.77. The van der Waals surface area contributed by atoms with E-state index >= 15 is 0 Å². The monoisotopic (exact) mass is 293 g/mol. The van der Waals surface area contributed by atoms with Gasteiger partial charge in [0.1, 0.15) is 0 Å². The fraction of sp³-hybridized carbons (Fsp3) is 0.733. The fourth-order valence-electron chi connectivity index (χ4n) is 2.76. The van der Waals surface area contributed by atoms with Crippen LogP contribution in [0.3, 0.4) is 0 Å². The summed E-state index contributed by atoms with van der Waals surface area (Å²) in [5.74, 6) is 0.0993. The van der Waals surface area contributed by atoms with E-state index in [1.54, 1.807) is 7.05 Å². The molecule has 0 saturated carbocycles. The molecule has 6 heteroatoms. The summed E-state index contributed by atoms with van der Waals surface area (Å²) < 4.78 is 2.20. The Kier molecular flexibility index (Phi) is 5.76. The fourth-order valence-corrected chi connectivity index (χ4v) is 2.76. The number of nitrogens with one attached hydrogen (secondary N) is 2. The van der Waals surface area contributed by atoms with Crippen LogP contribution in [0.15, 0.2) is 12.5 Å². The molecule has 0 spiro atoms. The average Bonchev–Trinajstić information content (AvgIpc) is 2.95. The zero-order valence-corrected chi connectivity index (χ0v) is 13.3. The van der Waals surface area contributed by atoms with E-state index in [1.165, 1.54) is 5.69 Å². The minimum absolute atomic E-state index is 0.0993. The highest BCUT2D eigenvalue weighted by Gasteiger charge is 2.20. The summed E-state index contributed by atoms with van der Waals surface area (Å²) in [4.78, 5) is 17.8. The first-order valence-electron chi connectivity index (χ1n) is 7.77. The Bertz CT molecular complexity index is 449. The van der Waals surface area contributed by atoms with E-state index in [0.29, 0.717) is 18.6 Å². The maximum atomic E-state index is 11.4. The molecule has 0 bridgehead atoms. The van der Waals surface area contributed by atoms with Crippen LogP contribution in [0.25, 0.3) is 0 Å². The molecule has 2 heterocycles. The third-order valence-corrected chi connectivity index (χ3v) is 4.11. The van der Waals surface area contributed by atoms with E-state index in [2.05, 4.69) is 38.9 Å². The molecule has 1 aliphatic heterocycles. The van der Waals surface area contributed by atoms with Crippen LogP contribution in [-0.2, 0) is 11.3 Å². The number of imidazole rings is 1. The van der Waals surface area contributed by atoms with Crippen molar-refractivity contribution in [2.45, 2.75) is 45.3 Å². The number of carbonyl (C=O) groups excluding carboxylic acids is 1. The predicted molar refractivity (Wildman–Crippen MR) is 83.0 cm³/mol. The molecule has 0 atom stereocenters. The van der Waals surface area contributed by atoms with Crippen molar-refractivity contribution in [3.05, 3.63) is 18.2 Å². The van der Waals surface area contributed by atoms with Crippen molar-refractivity contribution in [2.24, 2.45) is 0 Å². The van der Waals surface area contributed by atoms with Crippen LogP contribution in [0.1, 0.15) is 38.4 Å². The Hall–Kier alpha value is -1.40. The lowest BCUT2D eigenvalue weighted by atomic mass is 10.0. The first-order chi connectivity index (χ1) is 10.1. The highest BCUT2D eigenvalue weighted by Crippen LogP contribution is 2.12. The third-order valence-electron chi connectivity index (χ3n) is 4.11. The maximum absolute atomic E-state index is 11.4. The van der Waals surface area contributed by atoms with Gasteiger partial charge in [0.05, 0.1) is 18.6 Å². The molecule has 0 radical (unpaired) electrons. The Morgan fingerprint density at radius 2 is 2.14 bits per heavy atom. The van der Waals surface area contributed by atoms with E-state index < -0.39 is 0 Å². The van der Waals surface area contributed by atoms with Gasteiger partial charge in [-0.1, -0.05) is 0 Å². The minimum atomic E-state index is 0.0993. The number of hydrogen-bond acceptors (Lipinski definition) is 4. The highest BCUT2D eigenvalue weighted by atomic mass is 16.1. The van der Waals surface area contributed by atoms with Gasteiger partial charge in [-0.2, -0.15) is 0 Å². The molecule has 0 aliphatic carbocycles. The van der Waals surface area contributed by atoms with E-state index in [0.717, 1.165) is 32.5 Å². The standard InChI is InChI=1S/C15H27N5O/c1-12(2)20-11-17-8-14(20)9-18-13-4-6-19(7-5-13)10-15(21)16-3/h8,11-13,18H,4-7,9-10H2,1-3H3,(H,16,21). The molecule has 6 nitrogen and oxygen atoms in total. The molecule has 1 saturated heterocycles. The van der Waals surface area contributed by atoms with Gasteiger partial charge in [-0.05, 0) is 26.7 Å². The molecule has 0 aromatic carbocycles. The van der Waals surface area contributed by atoms with E-state index in [-0.39, 0.29) is 5.91 Å². The van der Waals surface area contributed by atoms with Crippen LogP contribution in [0.2, 0.25) is 0 Å². The van der Waals surface area contributed by atoms with Crippen LogP contribution in [0.4, 0.5) is 0 Å². The summed E-state index contributed by atoms with van der Waals surface area (Å²) in [7, 11) is 1.69. The lowest BCUT2D eigenvalue weighted by Crippen LogP contribution is -2.45. The molecule has 118 valence electrons. The largest absolute Gasteiger partial charge is 0.358 e. The van der Waals surface area contributed by atoms with Gasteiger partial charge in [0.25, 0.3) is 0 Å². The SMILES string of the molecule is CNC(=O)CN1CCC(NCc2cncn2C(C)C)CC1. The van der Waals surface area contributed by atoms with Crippen molar-refractivity contribution in [1.29, 1.82) is 0 Å². The number of carbonyl (C=O) groups is 1.